The predicted octanol–water partition coefficient (Wildman–Crippen LogP) is 2.48. The largest absolute Gasteiger partial charge is 0.325 e. The van der Waals surface area contributed by atoms with Crippen molar-refractivity contribution in [3.63, 3.8) is 0 Å². The van der Waals surface area contributed by atoms with Gasteiger partial charge in [0.25, 0.3) is 0 Å². The van der Waals surface area contributed by atoms with Crippen LogP contribution in [0, 0.1) is 12.7 Å². The lowest BCUT2D eigenvalue weighted by Gasteiger charge is -2.00. The quantitative estimate of drug-likeness (QED) is 0.885. The lowest BCUT2D eigenvalue weighted by molar-refractivity contribution is 0.618. The van der Waals surface area contributed by atoms with Crippen molar-refractivity contribution < 1.29 is 4.39 Å². The molecule has 1 heterocycles. The molecule has 0 atom stereocenters. The van der Waals surface area contributed by atoms with E-state index in [4.69, 9.17) is 5.73 Å². The van der Waals surface area contributed by atoms with E-state index in [9.17, 15) is 4.39 Å². The van der Waals surface area contributed by atoms with Gasteiger partial charge < -0.3 is 5.73 Å². The lowest BCUT2D eigenvalue weighted by Crippen LogP contribution is -2.06. The number of benzene rings is 1. The van der Waals surface area contributed by atoms with Gasteiger partial charge in [-0.2, -0.15) is 5.10 Å². The van der Waals surface area contributed by atoms with E-state index in [2.05, 4.69) is 5.10 Å². The summed E-state index contributed by atoms with van der Waals surface area (Å²) < 4.78 is 15.1. The number of hydrogen-bond donors (Lipinski definition) is 1. The molecule has 0 radical (unpaired) electrons. The Labute approximate surface area is 100 Å². The van der Waals surface area contributed by atoms with E-state index in [1.165, 1.54) is 6.07 Å². The molecule has 0 amide bonds. The molecule has 2 aromatic rings. The highest BCUT2D eigenvalue weighted by molar-refractivity contribution is 5.60. The molecule has 0 fully saturated rings. The summed E-state index contributed by atoms with van der Waals surface area (Å²) in [6.45, 7) is 5.01. The number of rotatable bonds is 3. The zero-order valence-corrected chi connectivity index (χ0v) is 10.1. The van der Waals surface area contributed by atoms with Crippen molar-refractivity contribution in [2.45, 2.75) is 26.9 Å². The van der Waals surface area contributed by atoms with Crippen LogP contribution in [0.4, 0.5) is 4.39 Å². The zero-order valence-electron chi connectivity index (χ0n) is 10.1. The molecule has 0 bridgehead atoms. The first-order valence-corrected chi connectivity index (χ1v) is 5.69. The standard InChI is InChI=1S/C13H16FN3/c1-3-17-11(8-15)7-13(16-17)10-4-5-12(14)9(2)6-10/h4-7H,3,8,15H2,1-2H3. The summed E-state index contributed by atoms with van der Waals surface area (Å²) in [4.78, 5) is 0. The van der Waals surface area contributed by atoms with Gasteiger partial charge in [0.15, 0.2) is 0 Å². The van der Waals surface area contributed by atoms with Crippen LogP contribution in [0.5, 0.6) is 0 Å². The van der Waals surface area contributed by atoms with E-state index in [-0.39, 0.29) is 5.82 Å². The Hall–Kier alpha value is -1.68. The molecule has 0 saturated carbocycles. The summed E-state index contributed by atoms with van der Waals surface area (Å²) in [5.41, 5.74) is 9.03. The van der Waals surface area contributed by atoms with E-state index in [0.29, 0.717) is 12.1 Å². The lowest BCUT2D eigenvalue weighted by atomic mass is 10.1. The van der Waals surface area contributed by atoms with Gasteiger partial charge in [-0.15, -0.1) is 0 Å². The Morgan fingerprint density at radius 1 is 1.35 bits per heavy atom. The fraction of sp³-hybridized carbons (Fsp3) is 0.308. The minimum atomic E-state index is -0.192. The second kappa shape index (κ2) is 4.67. The molecule has 90 valence electrons. The number of aromatic nitrogens is 2. The Bertz CT molecular complexity index is 510. The molecular formula is C13H16FN3. The highest BCUT2D eigenvalue weighted by Crippen LogP contribution is 2.21. The average molecular weight is 233 g/mol. The summed E-state index contributed by atoms with van der Waals surface area (Å²) in [5.74, 6) is -0.192. The van der Waals surface area contributed by atoms with Gasteiger partial charge in [-0.3, -0.25) is 4.68 Å². The van der Waals surface area contributed by atoms with Crippen LogP contribution in [-0.4, -0.2) is 9.78 Å². The van der Waals surface area contributed by atoms with Gasteiger partial charge in [-0.05, 0) is 43.7 Å². The maximum absolute atomic E-state index is 13.2. The smallest absolute Gasteiger partial charge is 0.126 e. The van der Waals surface area contributed by atoms with E-state index >= 15 is 0 Å². The van der Waals surface area contributed by atoms with Crippen molar-refractivity contribution in [1.29, 1.82) is 0 Å². The first-order valence-electron chi connectivity index (χ1n) is 5.69. The molecule has 0 spiro atoms. The van der Waals surface area contributed by atoms with Crippen LogP contribution in [0.2, 0.25) is 0 Å². The van der Waals surface area contributed by atoms with Crippen molar-refractivity contribution in [2.75, 3.05) is 0 Å². The molecule has 0 aliphatic rings. The minimum absolute atomic E-state index is 0.192. The van der Waals surface area contributed by atoms with Crippen molar-refractivity contribution >= 4 is 0 Å². The van der Waals surface area contributed by atoms with Gasteiger partial charge in [0.2, 0.25) is 0 Å². The number of aryl methyl sites for hydroxylation is 2. The van der Waals surface area contributed by atoms with E-state index < -0.39 is 0 Å². The van der Waals surface area contributed by atoms with Crippen LogP contribution < -0.4 is 5.73 Å². The Kier molecular flexibility index (Phi) is 3.24. The molecule has 2 rings (SSSR count). The van der Waals surface area contributed by atoms with E-state index in [1.807, 2.05) is 17.7 Å². The molecule has 0 aliphatic carbocycles. The van der Waals surface area contributed by atoms with Gasteiger partial charge in [0.1, 0.15) is 5.82 Å². The third kappa shape index (κ3) is 2.22. The molecule has 1 aromatic heterocycles. The van der Waals surface area contributed by atoms with Crippen molar-refractivity contribution in [2.24, 2.45) is 5.73 Å². The summed E-state index contributed by atoms with van der Waals surface area (Å²) in [6, 6.07) is 6.97. The summed E-state index contributed by atoms with van der Waals surface area (Å²) in [5, 5.41) is 4.45. The van der Waals surface area contributed by atoms with Crippen LogP contribution in [0.3, 0.4) is 0 Å². The maximum Gasteiger partial charge on any atom is 0.126 e. The number of nitrogens with zero attached hydrogens (tertiary/aromatic N) is 2. The van der Waals surface area contributed by atoms with Crippen LogP contribution in [0.25, 0.3) is 11.3 Å². The van der Waals surface area contributed by atoms with Gasteiger partial charge in [-0.1, -0.05) is 0 Å². The van der Waals surface area contributed by atoms with Crippen LogP contribution >= 0.6 is 0 Å². The second-order valence-corrected chi connectivity index (χ2v) is 4.00. The second-order valence-electron chi connectivity index (χ2n) is 4.00. The molecule has 3 nitrogen and oxygen atoms in total. The number of nitrogens with two attached hydrogens (primary N) is 1. The maximum atomic E-state index is 13.2. The van der Waals surface area contributed by atoms with Gasteiger partial charge in [0.05, 0.1) is 11.4 Å². The number of hydrogen-bond acceptors (Lipinski definition) is 2. The summed E-state index contributed by atoms with van der Waals surface area (Å²) >= 11 is 0. The highest BCUT2D eigenvalue weighted by Gasteiger charge is 2.08. The zero-order chi connectivity index (χ0) is 12.4. The van der Waals surface area contributed by atoms with Gasteiger partial charge in [-0.25, -0.2) is 4.39 Å². The molecular weight excluding hydrogens is 217 g/mol. The minimum Gasteiger partial charge on any atom is -0.325 e. The summed E-state index contributed by atoms with van der Waals surface area (Å²) in [6.07, 6.45) is 0. The third-order valence-corrected chi connectivity index (χ3v) is 2.83. The fourth-order valence-corrected chi connectivity index (χ4v) is 1.84. The topological polar surface area (TPSA) is 43.8 Å². The normalized spacial score (nSPS) is 10.8. The Morgan fingerprint density at radius 3 is 2.65 bits per heavy atom. The SMILES string of the molecule is CCn1nc(-c2ccc(F)c(C)c2)cc1CN. The highest BCUT2D eigenvalue weighted by atomic mass is 19.1. The molecule has 0 unspecified atom stereocenters. The van der Waals surface area contributed by atoms with E-state index in [1.54, 1.807) is 19.1 Å². The molecule has 0 aliphatic heterocycles. The van der Waals surface area contributed by atoms with Crippen LogP contribution in [0.1, 0.15) is 18.2 Å². The van der Waals surface area contributed by atoms with Gasteiger partial charge in [0, 0.05) is 18.7 Å². The molecule has 17 heavy (non-hydrogen) atoms. The predicted molar refractivity (Wildman–Crippen MR) is 65.9 cm³/mol. The van der Waals surface area contributed by atoms with E-state index in [0.717, 1.165) is 23.5 Å². The first kappa shape index (κ1) is 11.8. The van der Waals surface area contributed by atoms with Gasteiger partial charge >= 0.3 is 0 Å². The molecule has 0 saturated heterocycles. The monoisotopic (exact) mass is 233 g/mol. The Morgan fingerprint density at radius 2 is 2.12 bits per heavy atom. The average Bonchev–Trinajstić information content (AvgIpc) is 2.75. The Balaban J connectivity index is 2.45. The van der Waals surface area contributed by atoms with Crippen molar-refractivity contribution in [3.8, 4) is 11.3 Å². The molecule has 2 N–H and O–H groups in total. The number of halogens is 1. The van der Waals surface area contributed by atoms with Crippen molar-refractivity contribution in [3.05, 3.63) is 41.3 Å². The van der Waals surface area contributed by atoms with Crippen LogP contribution in [-0.2, 0) is 13.1 Å². The van der Waals surface area contributed by atoms with Crippen LogP contribution in [0.15, 0.2) is 24.3 Å². The fourth-order valence-electron chi connectivity index (χ4n) is 1.84. The first-order chi connectivity index (χ1) is 8.15. The van der Waals surface area contributed by atoms with Crippen molar-refractivity contribution in [1.82, 2.24) is 9.78 Å². The third-order valence-electron chi connectivity index (χ3n) is 2.83. The summed E-state index contributed by atoms with van der Waals surface area (Å²) in [7, 11) is 0. The molecule has 4 heteroatoms. The molecule has 1 aromatic carbocycles.